The maximum atomic E-state index is 5.87. The zero-order valence-corrected chi connectivity index (χ0v) is 16.5. The van der Waals surface area contributed by atoms with Gasteiger partial charge in [-0.15, -0.1) is 0 Å². The van der Waals surface area contributed by atoms with E-state index < -0.39 is 0 Å². The van der Waals surface area contributed by atoms with Crippen molar-refractivity contribution in [3.63, 3.8) is 0 Å². The topological polar surface area (TPSA) is 52.4 Å². The van der Waals surface area contributed by atoms with Crippen LogP contribution in [0, 0.1) is 5.92 Å². The molecular weight excluding hydrogens is 364 g/mol. The smallest absolute Gasteiger partial charge is 0.140 e. The first-order chi connectivity index (χ1) is 14.4. The number of aromatic nitrogens is 3. The van der Waals surface area contributed by atoms with Gasteiger partial charge in [-0.1, -0.05) is 0 Å². The Hall–Kier alpha value is -2.70. The summed E-state index contributed by atoms with van der Waals surface area (Å²) < 4.78 is 13.6. The summed E-state index contributed by atoms with van der Waals surface area (Å²) in [6.07, 6.45) is 8.69. The minimum atomic E-state index is 0.291. The Kier molecular flexibility index (Phi) is 5.28. The van der Waals surface area contributed by atoms with Crippen molar-refractivity contribution in [1.29, 1.82) is 0 Å². The van der Waals surface area contributed by atoms with E-state index in [-0.39, 0.29) is 0 Å². The first-order valence-corrected chi connectivity index (χ1v) is 10.3. The predicted molar refractivity (Wildman–Crippen MR) is 112 cm³/mol. The first-order valence-electron chi connectivity index (χ1n) is 10.3. The van der Waals surface area contributed by atoms with Gasteiger partial charge in [-0.05, 0) is 48.4 Å². The van der Waals surface area contributed by atoms with Crippen LogP contribution in [0.1, 0.15) is 11.6 Å². The molecule has 0 unspecified atom stereocenters. The van der Waals surface area contributed by atoms with Crippen LogP contribution in [0.3, 0.4) is 0 Å². The fourth-order valence-corrected chi connectivity index (χ4v) is 4.36. The van der Waals surface area contributed by atoms with E-state index in [0.717, 1.165) is 57.3 Å². The SMILES string of the molecule is c1cc(C[C@@H]2COC[C@H]2n2ccnc2-c2ccc(N3CCOCC3)cc2)ccn1. The highest BCUT2D eigenvalue weighted by atomic mass is 16.5. The Balaban J connectivity index is 1.36. The van der Waals surface area contributed by atoms with Crippen molar-refractivity contribution in [2.45, 2.75) is 12.5 Å². The summed E-state index contributed by atoms with van der Waals surface area (Å²) in [5, 5.41) is 0. The monoisotopic (exact) mass is 390 g/mol. The Bertz CT molecular complexity index is 920. The summed E-state index contributed by atoms with van der Waals surface area (Å²) in [6.45, 7) is 5.00. The molecule has 29 heavy (non-hydrogen) atoms. The molecule has 6 nitrogen and oxygen atoms in total. The van der Waals surface area contributed by atoms with E-state index in [1.54, 1.807) is 0 Å². The summed E-state index contributed by atoms with van der Waals surface area (Å²) in [7, 11) is 0. The van der Waals surface area contributed by atoms with Crippen LogP contribution >= 0.6 is 0 Å². The number of imidazole rings is 1. The zero-order valence-electron chi connectivity index (χ0n) is 16.5. The van der Waals surface area contributed by atoms with Crippen molar-refractivity contribution in [2.24, 2.45) is 5.92 Å². The molecule has 2 saturated heterocycles. The van der Waals surface area contributed by atoms with E-state index in [9.17, 15) is 0 Å². The third-order valence-electron chi connectivity index (χ3n) is 5.94. The van der Waals surface area contributed by atoms with Crippen molar-refractivity contribution in [3.8, 4) is 11.4 Å². The summed E-state index contributed by atoms with van der Waals surface area (Å²) >= 11 is 0. The molecule has 5 rings (SSSR count). The van der Waals surface area contributed by atoms with Gasteiger partial charge in [0, 0.05) is 55.0 Å². The number of benzene rings is 1. The van der Waals surface area contributed by atoms with Crippen molar-refractivity contribution in [1.82, 2.24) is 14.5 Å². The molecule has 3 aromatic rings. The van der Waals surface area contributed by atoms with Crippen molar-refractivity contribution in [2.75, 3.05) is 44.4 Å². The van der Waals surface area contributed by atoms with Gasteiger partial charge in [0.15, 0.2) is 0 Å². The number of hydrogen-bond acceptors (Lipinski definition) is 5. The lowest BCUT2D eigenvalue weighted by molar-refractivity contribution is 0.122. The molecule has 0 bridgehead atoms. The summed E-state index contributed by atoms with van der Waals surface area (Å²) in [5.41, 5.74) is 3.69. The van der Waals surface area contributed by atoms with E-state index in [1.165, 1.54) is 11.3 Å². The van der Waals surface area contributed by atoms with Crippen LogP contribution < -0.4 is 4.90 Å². The van der Waals surface area contributed by atoms with Gasteiger partial charge in [0.05, 0.1) is 32.5 Å². The average Bonchev–Trinajstić information content (AvgIpc) is 3.44. The van der Waals surface area contributed by atoms with Gasteiger partial charge < -0.3 is 18.9 Å². The fraction of sp³-hybridized carbons (Fsp3) is 0.391. The standard InChI is InChI=1S/C23H26N4O2/c1-3-21(26-11-13-28-14-12-26)4-2-19(1)23-25-9-10-27(23)22-17-29-16-20(22)15-18-5-7-24-8-6-18/h1-10,20,22H,11-17H2/t20-,22-/m1/s1. The van der Waals surface area contributed by atoms with Gasteiger partial charge in [0.2, 0.25) is 0 Å². The lowest BCUT2D eigenvalue weighted by Gasteiger charge is -2.29. The van der Waals surface area contributed by atoms with Gasteiger partial charge in [-0.2, -0.15) is 0 Å². The van der Waals surface area contributed by atoms with Crippen LogP contribution in [0.25, 0.3) is 11.4 Å². The Morgan fingerprint density at radius 3 is 2.48 bits per heavy atom. The van der Waals surface area contributed by atoms with Crippen LogP contribution in [0.4, 0.5) is 5.69 Å². The quantitative estimate of drug-likeness (QED) is 0.670. The molecule has 2 fully saturated rings. The third-order valence-corrected chi connectivity index (χ3v) is 5.94. The van der Waals surface area contributed by atoms with Gasteiger partial charge in [-0.25, -0.2) is 4.98 Å². The molecule has 4 heterocycles. The van der Waals surface area contributed by atoms with Gasteiger partial charge in [0.25, 0.3) is 0 Å². The van der Waals surface area contributed by atoms with Gasteiger partial charge in [0.1, 0.15) is 5.82 Å². The van der Waals surface area contributed by atoms with Crippen molar-refractivity contribution >= 4 is 5.69 Å². The summed E-state index contributed by atoms with van der Waals surface area (Å²) in [4.78, 5) is 11.2. The molecule has 0 N–H and O–H groups in total. The molecule has 2 aliphatic rings. The fourth-order valence-electron chi connectivity index (χ4n) is 4.36. The molecular formula is C23H26N4O2. The second-order valence-corrected chi connectivity index (χ2v) is 7.73. The Morgan fingerprint density at radius 1 is 0.897 bits per heavy atom. The van der Waals surface area contributed by atoms with Crippen LogP contribution in [0.2, 0.25) is 0 Å². The minimum absolute atomic E-state index is 0.291. The minimum Gasteiger partial charge on any atom is -0.379 e. The number of pyridine rings is 1. The largest absolute Gasteiger partial charge is 0.379 e. The number of anilines is 1. The van der Waals surface area contributed by atoms with Crippen molar-refractivity contribution in [3.05, 3.63) is 66.7 Å². The van der Waals surface area contributed by atoms with Crippen LogP contribution in [-0.2, 0) is 15.9 Å². The second kappa shape index (κ2) is 8.35. The molecule has 1 aromatic carbocycles. The maximum absolute atomic E-state index is 5.87. The van der Waals surface area contributed by atoms with E-state index in [0.29, 0.717) is 12.0 Å². The summed E-state index contributed by atoms with van der Waals surface area (Å²) in [5.74, 6) is 1.44. The molecule has 6 heteroatoms. The number of nitrogens with zero attached hydrogens (tertiary/aromatic N) is 4. The third kappa shape index (κ3) is 3.91. The normalized spacial score (nSPS) is 22.1. The number of morpholine rings is 1. The van der Waals surface area contributed by atoms with Crippen LogP contribution in [0.5, 0.6) is 0 Å². The highest BCUT2D eigenvalue weighted by molar-refractivity contribution is 5.61. The molecule has 150 valence electrons. The lowest BCUT2D eigenvalue weighted by atomic mass is 9.95. The molecule has 2 atom stereocenters. The van der Waals surface area contributed by atoms with E-state index >= 15 is 0 Å². The lowest BCUT2D eigenvalue weighted by Crippen LogP contribution is -2.36. The Labute approximate surface area is 171 Å². The highest BCUT2D eigenvalue weighted by Crippen LogP contribution is 2.33. The predicted octanol–water partition coefficient (Wildman–Crippen LogP) is 3.21. The Morgan fingerprint density at radius 2 is 1.69 bits per heavy atom. The maximum Gasteiger partial charge on any atom is 0.140 e. The highest BCUT2D eigenvalue weighted by Gasteiger charge is 2.31. The zero-order chi connectivity index (χ0) is 19.5. The van der Waals surface area contributed by atoms with Gasteiger partial charge in [-0.3, -0.25) is 4.98 Å². The van der Waals surface area contributed by atoms with E-state index in [2.05, 4.69) is 62.0 Å². The number of rotatable bonds is 5. The number of ether oxygens (including phenoxy) is 2. The second-order valence-electron chi connectivity index (χ2n) is 7.73. The first kappa shape index (κ1) is 18.3. The van der Waals surface area contributed by atoms with Crippen LogP contribution in [-0.4, -0.2) is 54.1 Å². The molecule has 0 spiro atoms. The summed E-state index contributed by atoms with van der Waals surface area (Å²) in [6, 6.07) is 13.2. The molecule has 0 radical (unpaired) electrons. The van der Waals surface area contributed by atoms with Crippen LogP contribution in [0.15, 0.2) is 61.2 Å². The molecule has 0 aliphatic carbocycles. The van der Waals surface area contributed by atoms with Crippen molar-refractivity contribution < 1.29 is 9.47 Å². The van der Waals surface area contributed by atoms with Gasteiger partial charge >= 0.3 is 0 Å². The number of hydrogen-bond donors (Lipinski definition) is 0. The van der Waals surface area contributed by atoms with E-state index in [4.69, 9.17) is 9.47 Å². The molecule has 0 amide bonds. The molecule has 2 aromatic heterocycles. The average molecular weight is 390 g/mol. The molecule has 2 aliphatic heterocycles. The van der Waals surface area contributed by atoms with E-state index in [1.807, 2.05) is 18.6 Å². The molecule has 0 saturated carbocycles.